The molecule has 8 rings (SSSR count). The van der Waals surface area contributed by atoms with Gasteiger partial charge in [0, 0.05) is 65.4 Å². The molecule has 79 heavy (non-hydrogen) atoms. The number of aliphatic hydroxyl groups is 1. The van der Waals surface area contributed by atoms with E-state index in [1.807, 2.05) is 108 Å². The van der Waals surface area contributed by atoms with Crippen LogP contribution < -0.4 is 20.7 Å². The number of halogens is 1. The number of carbonyl (C=O) groups excluding carboxylic acids is 4. The molecule has 420 valence electrons. The molecule has 5 heterocycles. The summed E-state index contributed by atoms with van der Waals surface area (Å²) in [5.74, 6) is 1.11. The predicted molar refractivity (Wildman–Crippen MR) is 300 cm³/mol. The van der Waals surface area contributed by atoms with E-state index in [9.17, 15) is 24.3 Å². The van der Waals surface area contributed by atoms with E-state index in [0.29, 0.717) is 67.7 Å². The molecule has 0 aliphatic carbocycles. The number of fused-ring (bicyclic) bond motifs is 3. The van der Waals surface area contributed by atoms with Crippen molar-refractivity contribution in [3.8, 4) is 11.6 Å². The van der Waals surface area contributed by atoms with Crippen molar-refractivity contribution in [2.45, 2.75) is 98.5 Å². The Balaban J connectivity index is 0.672. The van der Waals surface area contributed by atoms with E-state index in [1.54, 1.807) is 24.3 Å². The molecule has 2 unspecified atom stereocenters. The molecule has 2 aromatic heterocycles. The molecule has 4 amide bonds. The average Bonchev–Trinajstić information content (AvgIpc) is 4.32. The molecule has 1 saturated heterocycles. The van der Waals surface area contributed by atoms with Gasteiger partial charge in [0.1, 0.15) is 48.7 Å². The molecule has 0 radical (unpaired) electrons. The van der Waals surface area contributed by atoms with Gasteiger partial charge in [-0.25, -0.2) is 0 Å². The van der Waals surface area contributed by atoms with E-state index in [0.717, 1.165) is 57.2 Å². The smallest absolute Gasteiger partial charge is 0.246 e. The van der Waals surface area contributed by atoms with Crippen molar-refractivity contribution in [3.63, 3.8) is 0 Å². The fourth-order valence-corrected chi connectivity index (χ4v) is 9.74. The molecule has 1 fully saturated rings. The van der Waals surface area contributed by atoms with Crippen molar-refractivity contribution < 1.29 is 48.0 Å². The molecule has 0 spiro atoms. The Bertz CT molecular complexity index is 3040. The van der Waals surface area contributed by atoms with Crippen LogP contribution in [0.4, 0.5) is 5.69 Å². The number of likely N-dealkylation sites (tertiary alicyclic amines) is 1. The number of aromatic amines is 1. The maximum atomic E-state index is 14.0. The minimum Gasteiger partial charge on any atom is -0.491 e. The molecule has 3 aliphatic rings. The zero-order valence-corrected chi connectivity index (χ0v) is 46.7. The lowest BCUT2D eigenvalue weighted by Gasteiger charge is -2.35. The second-order valence-electron chi connectivity index (χ2n) is 20.8. The summed E-state index contributed by atoms with van der Waals surface area (Å²) >= 11 is 6.24. The number of anilines is 1. The first kappa shape index (κ1) is 58.1. The lowest BCUT2D eigenvalue weighted by molar-refractivity contribution is -0.144. The summed E-state index contributed by atoms with van der Waals surface area (Å²) in [6, 6.07) is 20.0. The lowest BCUT2D eigenvalue weighted by atomic mass is 9.85. The largest absolute Gasteiger partial charge is 0.491 e. The minimum atomic E-state index is -0.975. The van der Waals surface area contributed by atoms with Gasteiger partial charge in [-0.15, -0.1) is 10.2 Å². The highest BCUT2D eigenvalue weighted by atomic mass is 35.5. The molecule has 0 saturated carbocycles. The highest BCUT2D eigenvalue weighted by Crippen LogP contribution is 2.36. The molecular formula is C58H71ClN10O10. The monoisotopic (exact) mass is 1100 g/mol. The maximum Gasteiger partial charge on any atom is 0.246 e. The summed E-state index contributed by atoms with van der Waals surface area (Å²) in [6.45, 7) is 15.7. The van der Waals surface area contributed by atoms with Gasteiger partial charge in [0.2, 0.25) is 23.6 Å². The van der Waals surface area contributed by atoms with Crippen molar-refractivity contribution in [1.29, 1.82) is 0 Å². The quantitative estimate of drug-likeness (QED) is 0.0391. The van der Waals surface area contributed by atoms with E-state index >= 15 is 0 Å². The number of hydrogen-bond acceptors (Lipinski definition) is 14. The first-order chi connectivity index (χ1) is 37.9. The maximum absolute atomic E-state index is 14.0. The summed E-state index contributed by atoms with van der Waals surface area (Å²) in [4.78, 5) is 68.3. The normalized spacial score (nSPS) is 17.3. The van der Waals surface area contributed by atoms with Crippen molar-refractivity contribution in [1.82, 2.24) is 35.3 Å². The second-order valence-corrected chi connectivity index (χ2v) is 21.2. The number of allylic oxidation sites excluding steroid dienone is 2. The van der Waals surface area contributed by atoms with Gasteiger partial charge >= 0.3 is 0 Å². The van der Waals surface area contributed by atoms with Gasteiger partial charge in [0.05, 0.1) is 64.5 Å². The van der Waals surface area contributed by atoms with Crippen LogP contribution in [-0.2, 0) is 44.7 Å². The van der Waals surface area contributed by atoms with Crippen LogP contribution in [0.2, 0.25) is 5.02 Å². The summed E-state index contributed by atoms with van der Waals surface area (Å²) in [7, 11) is 0. The molecule has 20 nitrogen and oxygen atoms in total. The van der Waals surface area contributed by atoms with Gasteiger partial charge in [-0.3, -0.25) is 33.7 Å². The second kappa shape index (κ2) is 26.7. The third-order valence-electron chi connectivity index (χ3n) is 13.9. The number of H-pyrrole nitrogens is 1. The standard InChI is InChI=1S/C58H71ClN10O10/c1-35-36(2)62-55-51(35)52(41-12-14-42(59)15-13-41)64-47(54-67-66-38(4)69(54)55)31-49(71)63-43-16-18-45(19-17-43)79-29-28-77-25-24-75-22-23-76-26-27-78-34-50(72)65-53(58(5,6)7)57(74)68-33-44(70)30-48(68)56(73)61-32-39-8-10-40(11-9-39)46-20-21-60-37(46)3/h8-19,21,44,47-48,53,62,70H,20,22-34H2,1-7H3,(H,61,73)(H,63,71)(H,65,72)/t44-,47?,48+,53?/m1/s1. The van der Waals surface area contributed by atoms with Crippen LogP contribution in [0.25, 0.3) is 11.4 Å². The highest BCUT2D eigenvalue weighted by molar-refractivity contribution is 6.30. The zero-order chi connectivity index (χ0) is 56.2. The Morgan fingerprint density at radius 3 is 2.10 bits per heavy atom. The molecule has 3 aliphatic heterocycles. The number of aliphatic imine (C=N–C) groups is 2. The number of hydrogen-bond donors (Lipinski definition) is 5. The predicted octanol–water partition coefficient (Wildman–Crippen LogP) is 6.55. The number of benzene rings is 3. The van der Waals surface area contributed by atoms with Crippen LogP contribution in [0.3, 0.4) is 0 Å². The van der Waals surface area contributed by atoms with E-state index < -0.39 is 41.5 Å². The Morgan fingerprint density at radius 2 is 1.46 bits per heavy atom. The Morgan fingerprint density at radius 1 is 0.810 bits per heavy atom. The van der Waals surface area contributed by atoms with Gasteiger partial charge in [-0.2, -0.15) is 0 Å². The Labute approximate surface area is 465 Å². The van der Waals surface area contributed by atoms with Crippen LogP contribution in [0.15, 0.2) is 88.5 Å². The van der Waals surface area contributed by atoms with E-state index in [-0.39, 0.29) is 57.6 Å². The van der Waals surface area contributed by atoms with Gasteiger partial charge < -0.3 is 54.6 Å². The first-order valence-electron chi connectivity index (χ1n) is 26.6. The lowest BCUT2D eigenvalue weighted by Crippen LogP contribution is -2.58. The third kappa shape index (κ3) is 15.0. The Hall–Kier alpha value is -7.07. The van der Waals surface area contributed by atoms with Crippen LogP contribution in [0.5, 0.6) is 5.75 Å². The first-order valence-corrected chi connectivity index (χ1v) is 27.0. The fraction of sp³-hybridized carbons (Fsp3) is 0.448. The number of aryl methyl sites for hydroxylation is 2. The van der Waals surface area contributed by atoms with Crippen molar-refractivity contribution in [3.05, 3.63) is 129 Å². The van der Waals surface area contributed by atoms with E-state index in [2.05, 4.69) is 36.1 Å². The molecular weight excluding hydrogens is 1030 g/mol. The molecule has 5 N–H and O–H groups in total. The van der Waals surface area contributed by atoms with Crippen molar-refractivity contribution in [2.75, 3.05) is 71.3 Å². The summed E-state index contributed by atoms with van der Waals surface area (Å²) in [5.41, 5.74) is 8.62. The summed E-state index contributed by atoms with van der Waals surface area (Å²) in [5, 5.41) is 28.7. The summed E-state index contributed by atoms with van der Waals surface area (Å²) < 4.78 is 30.2. The fourth-order valence-electron chi connectivity index (χ4n) is 9.61. The van der Waals surface area contributed by atoms with Gasteiger partial charge in [-0.05, 0) is 91.8 Å². The van der Waals surface area contributed by atoms with Crippen LogP contribution in [-0.4, -0.2) is 150 Å². The minimum absolute atomic E-state index is 0.0232. The number of β-amino-alcohol motifs (C(OH)–C–C–N with tert-alkyl or cyclic N) is 1. The molecule has 4 atom stereocenters. The molecule has 5 aromatic rings. The number of nitrogens with one attached hydrogen (secondary N) is 4. The SMILES string of the molecule is CC1=C(c2ccc(CNC(=O)[C@@H]3C[C@@H](O)CN3C(=O)C(NC(=O)COCCOCCOCCOCCOc3ccc(NC(=O)CC4N=C(c5ccc(Cl)cc5)c5c([nH]c(C)c5C)-n5c(C)nnc54)cc3)C(C)(C)C)cc2)CC=N1. The number of amides is 4. The van der Waals surface area contributed by atoms with Crippen LogP contribution in [0.1, 0.15) is 98.2 Å². The van der Waals surface area contributed by atoms with Crippen molar-refractivity contribution in [2.24, 2.45) is 15.4 Å². The highest BCUT2D eigenvalue weighted by Gasteiger charge is 2.44. The molecule has 21 heteroatoms. The number of nitrogens with zero attached hydrogens (tertiary/aromatic N) is 6. The molecule has 0 bridgehead atoms. The number of aromatic nitrogens is 4. The van der Waals surface area contributed by atoms with E-state index in [1.165, 1.54) is 10.5 Å². The van der Waals surface area contributed by atoms with Crippen LogP contribution >= 0.6 is 11.6 Å². The average molecular weight is 1100 g/mol. The number of aliphatic hydroxyl groups excluding tert-OH is 1. The Kier molecular flexibility index (Phi) is 19.6. The van der Waals surface area contributed by atoms with Gasteiger partial charge in [0.25, 0.3) is 0 Å². The van der Waals surface area contributed by atoms with Gasteiger partial charge in [0.15, 0.2) is 5.82 Å². The van der Waals surface area contributed by atoms with Gasteiger partial charge in [-0.1, -0.05) is 68.8 Å². The number of carbonyl (C=O) groups is 4. The van der Waals surface area contributed by atoms with Crippen LogP contribution in [0, 0.1) is 26.2 Å². The zero-order valence-electron chi connectivity index (χ0n) is 45.9. The van der Waals surface area contributed by atoms with Crippen molar-refractivity contribution >= 4 is 58.4 Å². The third-order valence-corrected chi connectivity index (χ3v) is 14.2. The number of ether oxygens (including phenoxy) is 5. The number of rotatable bonds is 25. The van der Waals surface area contributed by atoms with E-state index in [4.69, 9.17) is 40.3 Å². The summed E-state index contributed by atoms with van der Waals surface area (Å²) in [6.07, 6.45) is 1.92. The molecule has 3 aromatic carbocycles. The topological polar surface area (TPSA) is 245 Å².